The quantitative estimate of drug-likeness (QED) is 0.251. The molecule has 1 fully saturated rings. The molecule has 1 aliphatic heterocycles. The van der Waals surface area contributed by atoms with Gasteiger partial charge in [-0.1, -0.05) is 0 Å². The second-order valence-corrected chi connectivity index (χ2v) is 7.74. The molecule has 142 valence electrons. The number of carbonyl (C=O) groups excluding carboxylic acids is 1. The average molecular weight is 545 g/mol. The van der Waals surface area contributed by atoms with Crippen LogP contribution in [0.4, 0.5) is 21.5 Å². The van der Waals surface area contributed by atoms with Gasteiger partial charge in [-0.2, -0.15) is 3.21 Å². The molecule has 0 spiro atoms. The van der Waals surface area contributed by atoms with Gasteiger partial charge in [0.1, 0.15) is 5.82 Å². The summed E-state index contributed by atoms with van der Waals surface area (Å²) < 4.78 is 17.8. The van der Waals surface area contributed by atoms with Gasteiger partial charge in [-0.15, -0.1) is 0 Å². The van der Waals surface area contributed by atoms with Crippen molar-refractivity contribution < 1.29 is 9.18 Å². The SMILES string of the molecule is Nc1ccc(N2CCC(C(=O)/C(=N/I)Nc3ccc(F)c(Br)c3)CC2)cc1. The molecule has 0 atom stereocenters. The predicted octanol–water partition coefficient (Wildman–Crippen LogP) is 4.82. The number of Topliss-reactive ketones (excluding diaryl/α,β-unsaturated/α-hetero) is 1. The van der Waals surface area contributed by atoms with Crippen LogP contribution in [0.1, 0.15) is 12.8 Å². The van der Waals surface area contributed by atoms with E-state index in [2.05, 4.69) is 29.4 Å². The minimum atomic E-state index is -0.352. The molecule has 3 rings (SSSR count). The summed E-state index contributed by atoms with van der Waals surface area (Å²) in [7, 11) is 0. The molecule has 2 aromatic carbocycles. The Balaban J connectivity index is 1.61. The minimum Gasteiger partial charge on any atom is -0.399 e. The number of hydrogen-bond acceptors (Lipinski definition) is 4. The van der Waals surface area contributed by atoms with Crippen LogP contribution < -0.4 is 16.0 Å². The number of carbonyl (C=O) groups is 1. The smallest absolute Gasteiger partial charge is 0.201 e. The van der Waals surface area contributed by atoms with E-state index >= 15 is 0 Å². The Hall–Kier alpha value is -1.68. The third-order valence-corrected chi connectivity index (χ3v) is 5.71. The molecule has 0 unspecified atom stereocenters. The van der Waals surface area contributed by atoms with Gasteiger partial charge in [0.05, 0.1) is 27.3 Å². The monoisotopic (exact) mass is 544 g/mol. The molecule has 8 heteroatoms. The molecule has 0 bridgehead atoms. The zero-order chi connectivity index (χ0) is 19.4. The van der Waals surface area contributed by atoms with Crippen molar-refractivity contribution in [1.82, 2.24) is 0 Å². The van der Waals surface area contributed by atoms with E-state index in [1.54, 1.807) is 12.1 Å². The number of nitrogens with one attached hydrogen (secondary N) is 1. The second-order valence-electron chi connectivity index (χ2n) is 6.40. The summed E-state index contributed by atoms with van der Waals surface area (Å²) in [5.41, 5.74) is 8.22. The first-order valence-corrected chi connectivity index (χ1v) is 10.3. The van der Waals surface area contributed by atoms with Gasteiger partial charge < -0.3 is 16.0 Å². The number of amidine groups is 1. The predicted molar refractivity (Wildman–Crippen MR) is 120 cm³/mol. The van der Waals surface area contributed by atoms with E-state index in [0.29, 0.717) is 16.0 Å². The number of piperidine rings is 1. The third-order valence-electron chi connectivity index (χ3n) is 4.62. The molecule has 3 N–H and O–H groups in total. The molecule has 0 radical (unpaired) electrons. The molecule has 2 aromatic rings. The fourth-order valence-corrected chi connectivity index (χ4v) is 3.85. The van der Waals surface area contributed by atoms with E-state index in [-0.39, 0.29) is 17.5 Å². The minimum absolute atomic E-state index is 0.0122. The lowest BCUT2D eigenvalue weighted by molar-refractivity contribution is -0.116. The van der Waals surface area contributed by atoms with Gasteiger partial charge in [0, 0.05) is 36.1 Å². The highest BCUT2D eigenvalue weighted by Crippen LogP contribution is 2.26. The number of nitrogen functional groups attached to an aromatic ring is 1. The summed E-state index contributed by atoms with van der Waals surface area (Å²) in [5, 5.41) is 3.01. The normalized spacial score (nSPS) is 15.7. The van der Waals surface area contributed by atoms with E-state index < -0.39 is 0 Å². The topological polar surface area (TPSA) is 70.7 Å². The van der Waals surface area contributed by atoms with Crippen molar-refractivity contribution in [2.75, 3.05) is 29.0 Å². The highest BCUT2D eigenvalue weighted by Gasteiger charge is 2.28. The summed E-state index contributed by atoms with van der Waals surface area (Å²) >= 11 is 4.97. The van der Waals surface area contributed by atoms with Crippen molar-refractivity contribution in [3.63, 3.8) is 0 Å². The molecule has 0 aliphatic carbocycles. The van der Waals surface area contributed by atoms with E-state index in [1.165, 1.54) is 6.07 Å². The lowest BCUT2D eigenvalue weighted by Gasteiger charge is -2.33. The lowest BCUT2D eigenvalue weighted by atomic mass is 9.91. The largest absolute Gasteiger partial charge is 0.399 e. The Morgan fingerprint density at radius 2 is 1.89 bits per heavy atom. The molecule has 1 heterocycles. The summed E-state index contributed by atoms with van der Waals surface area (Å²) in [5.74, 6) is -0.156. The zero-order valence-corrected chi connectivity index (χ0v) is 18.2. The van der Waals surface area contributed by atoms with Crippen molar-refractivity contribution >= 4 is 67.5 Å². The summed E-state index contributed by atoms with van der Waals surface area (Å²) in [6.07, 6.45) is 1.52. The van der Waals surface area contributed by atoms with Crippen LogP contribution in [0, 0.1) is 11.7 Å². The number of benzene rings is 2. The van der Waals surface area contributed by atoms with Crippen molar-refractivity contribution in [3.05, 3.63) is 52.8 Å². The van der Waals surface area contributed by atoms with Crippen LogP contribution in [0.25, 0.3) is 0 Å². The molecule has 0 saturated carbocycles. The average Bonchev–Trinajstić information content (AvgIpc) is 2.69. The number of anilines is 3. The van der Waals surface area contributed by atoms with E-state index in [0.717, 1.165) is 37.3 Å². The Labute approximate surface area is 179 Å². The van der Waals surface area contributed by atoms with Gasteiger partial charge in [0.2, 0.25) is 5.78 Å². The lowest BCUT2D eigenvalue weighted by Crippen LogP contribution is -2.39. The highest BCUT2D eigenvalue weighted by atomic mass is 127. The number of nitrogens with zero attached hydrogens (tertiary/aromatic N) is 2. The van der Waals surface area contributed by atoms with Crippen LogP contribution in [0.2, 0.25) is 0 Å². The third kappa shape index (κ3) is 4.98. The van der Waals surface area contributed by atoms with Crippen LogP contribution in [0.15, 0.2) is 50.1 Å². The standard InChI is InChI=1S/C19H19BrFIN4O/c20-16-11-14(3-6-17(16)21)24-19(25-22)18(27)12-7-9-26(10-8-12)15-4-1-13(23)2-5-15/h1-6,11-12H,7-10,23H2,(H,24,25). The first-order valence-electron chi connectivity index (χ1n) is 8.53. The fraction of sp³-hybridized carbons (Fsp3) is 0.263. The van der Waals surface area contributed by atoms with Crippen LogP contribution in [-0.4, -0.2) is 24.7 Å². The zero-order valence-electron chi connectivity index (χ0n) is 14.5. The molecule has 1 saturated heterocycles. The summed E-state index contributed by atoms with van der Waals surface area (Å²) in [6.45, 7) is 1.61. The number of ketones is 1. The maximum absolute atomic E-state index is 13.4. The maximum atomic E-state index is 13.4. The van der Waals surface area contributed by atoms with Gasteiger partial charge in [-0.3, -0.25) is 4.79 Å². The second kappa shape index (κ2) is 9.01. The van der Waals surface area contributed by atoms with Gasteiger partial charge in [-0.25, -0.2) is 4.39 Å². The Morgan fingerprint density at radius 3 is 2.48 bits per heavy atom. The molecular formula is C19H19BrFIN4O. The van der Waals surface area contributed by atoms with Crippen LogP contribution >= 0.6 is 38.8 Å². The fourth-order valence-electron chi connectivity index (χ4n) is 3.11. The van der Waals surface area contributed by atoms with Gasteiger partial charge in [0.25, 0.3) is 0 Å². The van der Waals surface area contributed by atoms with Gasteiger partial charge in [0.15, 0.2) is 5.84 Å². The Kier molecular flexibility index (Phi) is 6.69. The Morgan fingerprint density at radius 1 is 1.22 bits per heavy atom. The molecule has 5 nitrogen and oxygen atoms in total. The van der Waals surface area contributed by atoms with Crippen molar-refractivity contribution in [1.29, 1.82) is 0 Å². The van der Waals surface area contributed by atoms with Gasteiger partial charge in [-0.05, 0) is 71.2 Å². The van der Waals surface area contributed by atoms with Crippen LogP contribution in [0.3, 0.4) is 0 Å². The first-order chi connectivity index (χ1) is 13.0. The molecule has 0 aromatic heterocycles. The van der Waals surface area contributed by atoms with E-state index in [1.807, 2.05) is 47.1 Å². The van der Waals surface area contributed by atoms with Gasteiger partial charge >= 0.3 is 0 Å². The number of rotatable bonds is 4. The van der Waals surface area contributed by atoms with E-state index in [4.69, 9.17) is 5.73 Å². The summed E-state index contributed by atoms with van der Waals surface area (Å²) in [4.78, 5) is 15.1. The van der Waals surface area contributed by atoms with Crippen LogP contribution in [0.5, 0.6) is 0 Å². The first kappa shape index (κ1) is 20.1. The Bertz CT molecular complexity index is 851. The van der Waals surface area contributed by atoms with Crippen LogP contribution in [-0.2, 0) is 4.79 Å². The van der Waals surface area contributed by atoms with Crippen molar-refractivity contribution in [2.45, 2.75) is 12.8 Å². The van der Waals surface area contributed by atoms with Crippen molar-refractivity contribution in [2.24, 2.45) is 9.12 Å². The van der Waals surface area contributed by atoms with Crippen molar-refractivity contribution in [3.8, 4) is 0 Å². The molecule has 1 aliphatic rings. The number of halogens is 3. The number of hydrogen-bond donors (Lipinski definition) is 2. The number of nitrogens with two attached hydrogens (primary N) is 1. The molecular weight excluding hydrogens is 526 g/mol. The maximum Gasteiger partial charge on any atom is 0.201 e. The summed E-state index contributed by atoms with van der Waals surface area (Å²) in [6, 6.07) is 12.3. The van der Waals surface area contributed by atoms with E-state index in [9.17, 15) is 9.18 Å². The highest BCUT2D eigenvalue weighted by molar-refractivity contribution is 14.1. The molecule has 0 amide bonds. The molecule has 27 heavy (non-hydrogen) atoms.